The van der Waals surface area contributed by atoms with Crippen molar-refractivity contribution in [2.24, 2.45) is 12.1 Å². The molecule has 0 saturated carbocycles. The first kappa shape index (κ1) is 18.4. The average molecular weight is 370 g/mol. The Morgan fingerprint density at radius 3 is 2.70 bits per heavy atom. The molecule has 0 fully saturated rings. The molecule has 3 aromatic rings. The van der Waals surface area contributed by atoms with Crippen molar-refractivity contribution < 1.29 is 4.74 Å². The second kappa shape index (κ2) is 7.90. The van der Waals surface area contributed by atoms with Gasteiger partial charge in [-0.25, -0.2) is 10.2 Å². The molecule has 142 valence electrons. The van der Waals surface area contributed by atoms with E-state index in [1.807, 2.05) is 24.3 Å². The molecule has 27 heavy (non-hydrogen) atoms. The van der Waals surface area contributed by atoms with Crippen LogP contribution in [0.4, 0.5) is 5.95 Å². The molecule has 2 aromatic heterocycles. The molecule has 0 radical (unpaired) electrons. The van der Waals surface area contributed by atoms with E-state index in [0.29, 0.717) is 23.7 Å². The van der Waals surface area contributed by atoms with Crippen LogP contribution in [-0.2, 0) is 13.6 Å². The third-order valence-electron chi connectivity index (χ3n) is 4.24. The van der Waals surface area contributed by atoms with E-state index >= 15 is 0 Å². The van der Waals surface area contributed by atoms with E-state index in [1.54, 1.807) is 24.9 Å². The van der Waals surface area contributed by atoms with Gasteiger partial charge in [-0.1, -0.05) is 13.3 Å². The molecule has 0 saturated heterocycles. The molecule has 0 aliphatic carbocycles. The van der Waals surface area contributed by atoms with Gasteiger partial charge in [-0.2, -0.15) is 10.1 Å². The molecule has 2 N–H and O–H groups in total. The van der Waals surface area contributed by atoms with Crippen molar-refractivity contribution in [3.8, 4) is 5.75 Å². The Morgan fingerprint density at radius 1 is 1.30 bits per heavy atom. The Balaban J connectivity index is 1.95. The largest absolute Gasteiger partial charge is 0.497 e. The minimum Gasteiger partial charge on any atom is -0.497 e. The minimum atomic E-state index is -0.499. The molecule has 0 unspecified atom stereocenters. The van der Waals surface area contributed by atoms with Crippen LogP contribution >= 0.6 is 0 Å². The number of H-pyrrole nitrogens is 1. The predicted octanol–water partition coefficient (Wildman–Crippen LogP) is 1.68. The SMILES string of the molecule is CCCCn1c(N/N=C\c2ccc(OC)cc2)nc2c1c(=O)[nH]c(=O)n2C. The molecule has 0 spiro atoms. The highest BCUT2D eigenvalue weighted by Crippen LogP contribution is 2.16. The molecule has 0 atom stereocenters. The van der Waals surface area contributed by atoms with Gasteiger partial charge in [-0.3, -0.25) is 14.3 Å². The maximum Gasteiger partial charge on any atom is 0.329 e. The second-order valence-corrected chi connectivity index (χ2v) is 6.07. The van der Waals surface area contributed by atoms with E-state index in [4.69, 9.17) is 4.74 Å². The lowest BCUT2D eigenvalue weighted by atomic mass is 10.2. The van der Waals surface area contributed by atoms with Gasteiger partial charge in [0.1, 0.15) is 5.75 Å². The van der Waals surface area contributed by atoms with Crippen molar-refractivity contribution in [1.82, 2.24) is 19.1 Å². The number of benzene rings is 1. The number of nitrogens with one attached hydrogen (secondary N) is 2. The van der Waals surface area contributed by atoms with Gasteiger partial charge in [0.25, 0.3) is 5.56 Å². The summed E-state index contributed by atoms with van der Waals surface area (Å²) in [7, 11) is 3.18. The lowest BCUT2D eigenvalue weighted by Crippen LogP contribution is -2.29. The van der Waals surface area contributed by atoms with E-state index in [9.17, 15) is 9.59 Å². The van der Waals surface area contributed by atoms with Gasteiger partial charge in [0, 0.05) is 13.6 Å². The number of fused-ring (bicyclic) bond motifs is 1. The number of hydrogen-bond donors (Lipinski definition) is 2. The predicted molar refractivity (Wildman–Crippen MR) is 105 cm³/mol. The van der Waals surface area contributed by atoms with E-state index in [-0.39, 0.29) is 0 Å². The zero-order valence-electron chi connectivity index (χ0n) is 15.5. The van der Waals surface area contributed by atoms with Crippen molar-refractivity contribution in [1.29, 1.82) is 0 Å². The molecule has 2 heterocycles. The van der Waals surface area contributed by atoms with Crippen LogP contribution in [0.2, 0.25) is 0 Å². The summed E-state index contributed by atoms with van der Waals surface area (Å²) < 4.78 is 8.20. The van der Waals surface area contributed by atoms with Crippen LogP contribution in [0.5, 0.6) is 5.75 Å². The molecule has 9 nitrogen and oxygen atoms in total. The van der Waals surface area contributed by atoms with Crippen LogP contribution in [0.3, 0.4) is 0 Å². The number of aromatic nitrogens is 4. The molecule has 0 aliphatic heterocycles. The summed E-state index contributed by atoms with van der Waals surface area (Å²) in [5.41, 5.74) is 3.49. The molecule has 0 aliphatic rings. The fourth-order valence-corrected chi connectivity index (χ4v) is 2.71. The van der Waals surface area contributed by atoms with E-state index in [1.165, 1.54) is 4.57 Å². The number of unbranched alkanes of at least 4 members (excludes halogenated alkanes) is 1. The topological polar surface area (TPSA) is 106 Å². The maximum absolute atomic E-state index is 12.3. The summed E-state index contributed by atoms with van der Waals surface area (Å²) in [6.45, 7) is 2.66. The molecule has 1 aromatic carbocycles. The smallest absolute Gasteiger partial charge is 0.329 e. The first-order chi connectivity index (χ1) is 13.0. The quantitative estimate of drug-likeness (QED) is 0.486. The number of rotatable bonds is 7. The lowest BCUT2D eigenvalue weighted by Gasteiger charge is -2.07. The third-order valence-corrected chi connectivity index (χ3v) is 4.24. The van der Waals surface area contributed by atoms with Crippen molar-refractivity contribution in [3.05, 3.63) is 50.7 Å². The van der Waals surface area contributed by atoms with E-state index in [0.717, 1.165) is 24.2 Å². The number of ether oxygens (including phenoxy) is 1. The number of aromatic amines is 1. The highest BCUT2D eigenvalue weighted by atomic mass is 16.5. The zero-order valence-corrected chi connectivity index (χ0v) is 15.5. The summed E-state index contributed by atoms with van der Waals surface area (Å²) in [6, 6.07) is 7.43. The molecule has 0 bridgehead atoms. The van der Waals surface area contributed by atoms with Crippen LogP contribution in [-0.4, -0.2) is 32.4 Å². The third kappa shape index (κ3) is 3.76. The molecular formula is C18H22N6O3. The minimum absolute atomic E-state index is 0.321. The zero-order chi connectivity index (χ0) is 19.4. The van der Waals surface area contributed by atoms with Crippen LogP contribution in [0.1, 0.15) is 25.3 Å². The average Bonchev–Trinajstić information content (AvgIpc) is 3.04. The van der Waals surface area contributed by atoms with Gasteiger partial charge in [-0.15, -0.1) is 0 Å². The summed E-state index contributed by atoms with van der Waals surface area (Å²) >= 11 is 0. The van der Waals surface area contributed by atoms with Gasteiger partial charge in [0.15, 0.2) is 11.2 Å². The fourth-order valence-electron chi connectivity index (χ4n) is 2.71. The van der Waals surface area contributed by atoms with Gasteiger partial charge < -0.3 is 9.30 Å². The first-order valence-corrected chi connectivity index (χ1v) is 8.67. The maximum atomic E-state index is 12.3. The summed E-state index contributed by atoms with van der Waals surface area (Å²) in [5, 5.41) is 4.21. The van der Waals surface area contributed by atoms with E-state index < -0.39 is 11.2 Å². The number of hydrogen-bond acceptors (Lipinski definition) is 6. The highest BCUT2D eigenvalue weighted by Gasteiger charge is 2.16. The van der Waals surface area contributed by atoms with Crippen LogP contribution in [0, 0.1) is 0 Å². The van der Waals surface area contributed by atoms with Gasteiger partial charge in [-0.05, 0) is 36.2 Å². The van der Waals surface area contributed by atoms with Crippen LogP contribution in [0.15, 0.2) is 39.0 Å². The second-order valence-electron chi connectivity index (χ2n) is 6.07. The van der Waals surface area contributed by atoms with Crippen LogP contribution < -0.4 is 21.4 Å². The number of anilines is 1. The Labute approximate surface area is 155 Å². The molecular weight excluding hydrogens is 348 g/mol. The standard InChI is InChI=1S/C18H22N6O3/c1-4-5-10-24-14-15(23(2)18(26)21-16(14)25)20-17(24)22-19-11-12-6-8-13(27-3)9-7-12/h6-9,11H,4-5,10H2,1-3H3,(H,20,22)(H,21,25,26)/b19-11-. The molecule has 3 rings (SSSR count). The highest BCUT2D eigenvalue weighted by molar-refractivity contribution is 5.80. The van der Waals surface area contributed by atoms with Gasteiger partial charge >= 0.3 is 5.69 Å². The Bertz CT molecular complexity index is 1080. The first-order valence-electron chi connectivity index (χ1n) is 8.67. The summed E-state index contributed by atoms with van der Waals surface area (Å²) in [4.78, 5) is 30.9. The van der Waals surface area contributed by atoms with Crippen molar-refractivity contribution in [2.75, 3.05) is 12.5 Å². The summed E-state index contributed by atoms with van der Waals surface area (Å²) in [5.74, 6) is 1.18. The van der Waals surface area contributed by atoms with Crippen molar-refractivity contribution >= 4 is 23.3 Å². The van der Waals surface area contributed by atoms with Crippen molar-refractivity contribution in [3.63, 3.8) is 0 Å². The Kier molecular flexibility index (Phi) is 5.39. The lowest BCUT2D eigenvalue weighted by molar-refractivity contribution is 0.415. The fraction of sp³-hybridized carbons (Fsp3) is 0.333. The van der Waals surface area contributed by atoms with E-state index in [2.05, 4.69) is 27.4 Å². The molecule has 0 amide bonds. The summed E-state index contributed by atoms with van der Waals surface area (Å²) in [6.07, 6.45) is 3.47. The van der Waals surface area contributed by atoms with Gasteiger partial charge in [0.2, 0.25) is 5.95 Å². The Morgan fingerprint density at radius 2 is 2.04 bits per heavy atom. The van der Waals surface area contributed by atoms with Crippen molar-refractivity contribution in [2.45, 2.75) is 26.3 Å². The normalized spacial score (nSPS) is 11.4. The van der Waals surface area contributed by atoms with Crippen LogP contribution in [0.25, 0.3) is 11.2 Å². The number of hydrazone groups is 1. The number of methoxy groups -OCH3 is 1. The number of imidazole rings is 1. The monoisotopic (exact) mass is 370 g/mol. The Hall–Kier alpha value is -3.36. The molecule has 9 heteroatoms. The number of aryl methyl sites for hydroxylation is 2. The number of nitrogens with zero attached hydrogens (tertiary/aromatic N) is 4. The van der Waals surface area contributed by atoms with Gasteiger partial charge in [0.05, 0.1) is 13.3 Å².